The molecule has 0 amide bonds. The number of piperazine rings is 1. The van der Waals surface area contributed by atoms with Crippen molar-refractivity contribution in [3.05, 3.63) is 0 Å². The molecule has 0 bridgehead atoms. The van der Waals surface area contributed by atoms with Gasteiger partial charge in [-0.05, 0) is 20.8 Å². The first-order valence-electron chi connectivity index (χ1n) is 5.65. The van der Waals surface area contributed by atoms with E-state index in [9.17, 15) is 0 Å². The lowest BCUT2D eigenvalue weighted by Gasteiger charge is -2.42. The summed E-state index contributed by atoms with van der Waals surface area (Å²) in [5.41, 5.74) is 0.335. The van der Waals surface area contributed by atoms with Crippen LogP contribution in [-0.2, 0) is 4.74 Å². The van der Waals surface area contributed by atoms with Crippen LogP contribution in [-0.4, -0.2) is 60.8 Å². The van der Waals surface area contributed by atoms with Crippen LogP contribution in [0.2, 0.25) is 0 Å². The summed E-state index contributed by atoms with van der Waals surface area (Å²) in [7, 11) is 0. The molecular weight excluding hydrogens is 176 g/mol. The molecule has 0 aliphatic carbocycles. The maximum Gasteiger partial charge on any atom is 0.0936 e. The van der Waals surface area contributed by atoms with Crippen LogP contribution in [0.1, 0.15) is 20.8 Å². The maximum absolute atomic E-state index is 5.25. The Bertz CT molecular complexity index is 188. The quantitative estimate of drug-likeness (QED) is 0.612. The van der Waals surface area contributed by atoms with Crippen molar-refractivity contribution in [2.24, 2.45) is 0 Å². The number of epoxide rings is 1. The fourth-order valence-corrected chi connectivity index (χ4v) is 2.06. The molecule has 2 heterocycles. The molecule has 0 aromatic carbocycles. The van der Waals surface area contributed by atoms with Crippen LogP contribution in [0.5, 0.6) is 0 Å². The van der Waals surface area contributed by atoms with E-state index >= 15 is 0 Å². The van der Waals surface area contributed by atoms with E-state index in [1.807, 2.05) is 0 Å². The first-order valence-corrected chi connectivity index (χ1v) is 5.65. The highest BCUT2D eigenvalue weighted by Gasteiger charge is 2.30. The van der Waals surface area contributed by atoms with E-state index in [-0.39, 0.29) is 0 Å². The summed E-state index contributed by atoms with van der Waals surface area (Å²) in [5.74, 6) is 0. The highest BCUT2D eigenvalue weighted by molar-refractivity contribution is 4.84. The van der Waals surface area contributed by atoms with Crippen molar-refractivity contribution in [2.45, 2.75) is 32.4 Å². The largest absolute Gasteiger partial charge is 0.372 e. The van der Waals surface area contributed by atoms with Gasteiger partial charge in [-0.1, -0.05) is 0 Å². The molecule has 0 unspecified atom stereocenters. The molecular formula is C11H22N2O. The van der Waals surface area contributed by atoms with Gasteiger partial charge in [0.25, 0.3) is 0 Å². The topological polar surface area (TPSA) is 19.0 Å². The van der Waals surface area contributed by atoms with Gasteiger partial charge in [0.05, 0.1) is 12.7 Å². The predicted octanol–water partition coefficient (Wildman–Crippen LogP) is 0.801. The van der Waals surface area contributed by atoms with E-state index in [2.05, 4.69) is 30.6 Å². The van der Waals surface area contributed by atoms with Crippen LogP contribution < -0.4 is 0 Å². The number of rotatable bonds is 2. The average Bonchev–Trinajstić information content (AvgIpc) is 2.88. The lowest BCUT2D eigenvalue weighted by molar-refractivity contribution is 0.0594. The second-order valence-corrected chi connectivity index (χ2v) is 5.41. The summed E-state index contributed by atoms with van der Waals surface area (Å²) < 4.78 is 5.25. The van der Waals surface area contributed by atoms with Gasteiger partial charge in [-0.25, -0.2) is 0 Å². The Balaban J connectivity index is 1.74. The van der Waals surface area contributed by atoms with Crippen molar-refractivity contribution in [3.63, 3.8) is 0 Å². The van der Waals surface area contributed by atoms with Gasteiger partial charge in [0, 0.05) is 38.3 Å². The number of nitrogens with zero attached hydrogens (tertiary/aromatic N) is 2. The van der Waals surface area contributed by atoms with E-state index < -0.39 is 0 Å². The van der Waals surface area contributed by atoms with Crippen molar-refractivity contribution < 1.29 is 4.74 Å². The fraction of sp³-hybridized carbons (Fsp3) is 1.00. The Labute approximate surface area is 87.0 Å². The van der Waals surface area contributed by atoms with Crippen molar-refractivity contribution in [1.82, 2.24) is 9.80 Å². The third-order valence-corrected chi connectivity index (χ3v) is 3.19. The van der Waals surface area contributed by atoms with E-state index in [0.29, 0.717) is 11.6 Å². The molecule has 1 atom stereocenters. The highest BCUT2D eigenvalue weighted by atomic mass is 16.6. The molecule has 2 fully saturated rings. The zero-order valence-corrected chi connectivity index (χ0v) is 9.62. The van der Waals surface area contributed by atoms with Crippen molar-refractivity contribution in [2.75, 3.05) is 39.3 Å². The lowest BCUT2D eigenvalue weighted by atomic mass is 10.0. The van der Waals surface area contributed by atoms with Gasteiger partial charge in [-0.3, -0.25) is 9.80 Å². The SMILES string of the molecule is CC(C)(C)N1CCN(C[C@H]2CO2)CC1. The van der Waals surface area contributed by atoms with Gasteiger partial charge in [0.15, 0.2) is 0 Å². The van der Waals surface area contributed by atoms with Gasteiger partial charge in [0.1, 0.15) is 0 Å². The smallest absolute Gasteiger partial charge is 0.0936 e. The molecule has 2 aliphatic rings. The van der Waals surface area contributed by atoms with E-state index in [4.69, 9.17) is 4.74 Å². The zero-order valence-electron chi connectivity index (χ0n) is 9.62. The second kappa shape index (κ2) is 3.80. The summed E-state index contributed by atoms with van der Waals surface area (Å²) in [4.78, 5) is 5.09. The molecule has 2 aliphatic heterocycles. The Morgan fingerprint density at radius 3 is 2.14 bits per heavy atom. The van der Waals surface area contributed by atoms with Crippen LogP contribution in [0.15, 0.2) is 0 Å². The normalized spacial score (nSPS) is 30.6. The van der Waals surface area contributed by atoms with Crippen LogP contribution in [0, 0.1) is 0 Å². The Kier molecular flexibility index (Phi) is 2.82. The minimum Gasteiger partial charge on any atom is -0.372 e. The van der Waals surface area contributed by atoms with E-state index in [1.165, 1.54) is 26.2 Å². The Morgan fingerprint density at radius 1 is 1.14 bits per heavy atom. The van der Waals surface area contributed by atoms with Crippen molar-refractivity contribution in [1.29, 1.82) is 0 Å². The van der Waals surface area contributed by atoms with Gasteiger partial charge < -0.3 is 4.74 Å². The molecule has 2 saturated heterocycles. The van der Waals surface area contributed by atoms with Crippen molar-refractivity contribution >= 4 is 0 Å². The fourth-order valence-electron chi connectivity index (χ4n) is 2.06. The summed E-state index contributed by atoms with van der Waals surface area (Å²) in [6, 6.07) is 0. The summed E-state index contributed by atoms with van der Waals surface area (Å²) in [5, 5.41) is 0. The van der Waals surface area contributed by atoms with Gasteiger partial charge in [-0.2, -0.15) is 0 Å². The number of ether oxygens (including phenoxy) is 1. The number of hydrogen-bond acceptors (Lipinski definition) is 3. The molecule has 0 spiro atoms. The van der Waals surface area contributed by atoms with Gasteiger partial charge in [-0.15, -0.1) is 0 Å². The first kappa shape index (κ1) is 10.4. The molecule has 0 aromatic heterocycles. The molecule has 3 heteroatoms. The first-order chi connectivity index (χ1) is 6.55. The third kappa shape index (κ3) is 2.69. The Hall–Kier alpha value is -0.120. The number of hydrogen-bond donors (Lipinski definition) is 0. The molecule has 14 heavy (non-hydrogen) atoms. The molecule has 0 N–H and O–H groups in total. The molecule has 2 rings (SSSR count). The molecule has 0 radical (unpaired) electrons. The lowest BCUT2D eigenvalue weighted by Crippen LogP contribution is -2.53. The molecule has 3 nitrogen and oxygen atoms in total. The molecule has 82 valence electrons. The van der Waals surface area contributed by atoms with Gasteiger partial charge >= 0.3 is 0 Å². The van der Waals surface area contributed by atoms with Crippen LogP contribution >= 0.6 is 0 Å². The van der Waals surface area contributed by atoms with E-state index in [0.717, 1.165) is 13.2 Å². The average molecular weight is 198 g/mol. The third-order valence-electron chi connectivity index (χ3n) is 3.19. The summed E-state index contributed by atoms with van der Waals surface area (Å²) in [6.45, 7) is 13.9. The molecule has 0 aromatic rings. The van der Waals surface area contributed by atoms with Crippen LogP contribution in [0.4, 0.5) is 0 Å². The monoisotopic (exact) mass is 198 g/mol. The summed E-state index contributed by atoms with van der Waals surface area (Å²) in [6.07, 6.45) is 0.552. The predicted molar refractivity (Wildman–Crippen MR) is 57.5 cm³/mol. The van der Waals surface area contributed by atoms with Gasteiger partial charge in [0.2, 0.25) is 0 Å². The van der Waals surface area contributed by atoms with Crippen LogP contribution in [0.3, 0.4) is 0 Å². The zero-order chi connectivity index (χ0) is 10.2. The standard InChI is InChI=1S/C11H22N2O/c1-11(2,3)13-6-4-12(5-7-13)8-10-9-14-10/h10H,4-9H2,1-3H3/t10-/m0/s1. The summed E-state index contributed by atoms with van der Waals surface area (Å²) >= 11 is 0. The Morgan fingerprint density at radius 2 is 1.71 bits per heavy atom. The second-order valence-electron chi connectivity index (χ2n) is 5.41. The highest BCUT2D eigenvalue weighted by Crippen LogP contribution is 2.17. The van der Waals surface area contributed by atoms with E-state index in [1.54, 1.807) is 0 Å². The van der Waals surface area contributed by atoms with Crippen molar-refractivity contribution in [3.8, 4) is 0 Å². The van der Waals surface area contributed by atoms with Crippen LogP contribution in [0.25, 0.3) is 0 Å². The minimum atomic E-state index is 0.335. The molecule has 0 saturated carbocycles. The maximum atomic E-state index is 5.25. The minimum absolute atomic E-state index is 0.335.